The molecule has 0 saturated carbocycles. The standard InChI is InChI=1S/C35H52N10O8S/c36-14-2-1-5-26(37)31(50)41-18-30(49)43-27(16-21-6-10-24(47)11-7-21)33(52)45-29(20-54)34(53)44-28(17-22-8-12-25(48)13-9-22)32(51)42-23(19-46)4-3-15-40-35(38)39/h6-13,19,23,26-29,47-48,54H,1-5,14-18,20,36-37H2,(H,41,50)(H,42,51)(H,43,49)(H,44,53)(H,45,52)(H4,38,39,40)/t23-,26-,27-,28-,29-/m0/s1. The highest BCUT2D eigenvalue weighted by molar-refractivity contribution is 7.80. The number of phenolic OH excluding ortho intramolecular Hbond substituents is 2. The minimum absolute atomic E-state index is 0.0124. The van der Waals surface area contributed by atoms with Gasteiger partial charge in [-0.1, -0.05) is 30.7 Å². The average Bonchev–Trinajstić information content (AvgIpc) is 3.14. The van der Waals surface area contributed by atoms with Crippen LogP contribution in [-0.4, -0.2) is 108 Å². The quantitative estimate of drug-likeness (QED) is 0.0174. The van der Waals surface area contributed by atoms with E-state index in [-0.39, 0.29) is 49.0 Å². The van der Waals surface area contributed by atoms with E-state index >= 15 is 0 Å². The Morgan fingerprint density at radius 1 is 0.722 bits per heavy atom. The molecule has 0 aliphatic heterocycles. The molecule has 0 bridgehead atoms. The Labute approximate surface area is 319 Å². The molecule has 296 valence electrons. The number of carbonyl (C=O) groups excluding carboxylic acids is 6. The summed E-state index contributed by atoms with van der Waals surface area (Å²) in [4.78, 5) is 81.6. The second-order valence-electron chi connectivity index (χ2n) is 12.5. The molecule has 0 unspecified atom stereocenters. The molecule has 2 aromatic rings. The van der Waals surface area contributed by atoms with Crippen LogP contribution >= 0.6 is 12.6 Å². The molecule has 0 saturated heterocycles. The van der Waals surface area contributed by atoms with Crippen molar-refractivity contribution < 1.29 is 39.0 Å². The van der Waals surface area contributed by atoms with E-state index in [1.54, 1.807) is 24.3 Å². The van der Waals surface area contributed by atoms with Gasteiger partial charge >= 0.3 is 0 Å². The molecule has 0 spiro atoms. The third-order valence-corrected chi connectivity index (χ3v) is 8.41. The van der Waals surface area contributed by atoms with Crippen molar-refractivity contribution >= 4 is 54.4 Å². The maximum absolute atomic E-state index is 13.6. The van der Waals surface area contributed by atoms with Crippen molar-refractivity contribution in [2.75, 3.05) is 25.4 Å². The van der Waals surface area contributed by atoms with E-state index in [1.165, 1.54) is 24.3 Å². The number of guanidine groups is 1. The molecular formula is C35H52N10O8S. The largest absolute Gasteiger partial charge is 0.508 e. The molecule has 19 heteroatoms. The molecule has 0 aliphatic rings. The lowest BCUT2D eigenvalue weighted by Crippen LogP contribution is -2.59. The Hall–Kier alpha value is -5.40. The van der Waals surface area contributed by atoms with Crippen molar-refractivity contribution in [3.8, 4) is 11.5 Å². The van der Waals surface area contributed by atoms with Crippen molar-refractivity contribution in [1.29, 1.82) is 0 Å². The summed E-state index contributed by atoms with van der Waals surface area (Å²) in [6.45, 7) is 0.202. The van der Waals surface area contributed by atoms with E-state index in [0.29, 0.717) is 49.6 Å². The van der Waals surface area contributed by atoms with Crippen LogP contribution in [0.5, 0.6) is 11.5 Å². The van der Waals surface area contributed by atoms with E-state index in [0.717, 1.165) is 0 Å². The number of nitrogens with two attached hydrogens (primary N) is 4. The van der Waals surface area contributed by atoms with Gasteiger partial charge in [0.05, 0.1) is 18.6 Å². The van der Waals surface area contributed by atoms with Gasteiger partial charge in [0.15, 0.2) is 5.96 Å². The number of thiol groups is 1. The zero-order valence-electron chi connectivity index (χ0n) is 29.9. The average molecular weight is 773 g/mol. The first-order valence-electron chi connectivity index (χ1n) is 17.4. The first-order valence-corrected chi connectivity index (χ1v) is 18.0. The Morgan fingerprint density at radius 3 is 1.76 bits per heavy atom. The van der Waals surface area contributed by atoms with Gasteiger partial charge in [-0.05, 0) is 67.6 Å². The summed E-state index contributed by atoms with van der Waals surface area (Å²) in [5, 5.41) is 32.2. The predicted octanol–water partition coefficient (Wildman–Crippen LogP) is -2.42. The molecule has 0 aliphatic carbocycles. The second kappa shape index (κ2) is 24.0. The molecule has 0 fully saturated rings. The van der Waals surface area contributed by atoms with E-state index < -0.39 is 66.3 Å². The number of amides is 5. The molecule has 0 aromatic heterocycles. The Balaban J connectivity index is 2.20. The molecule has 54 heavy (non-hydrogen) atoms. The predicted molar refractivity (Wildman–Crippen MR) is 205 cm³/mol. The van der Waals surface area contributed by atoms with Crippen LogP contribution in [0.1, 0.15) is 43.2 Å². The van der Waals surface area contributed by atoms with Gasteiger partial charge in [0.25, 0.3) is 0 Å². The highest BCUT2D eigenvalue weighted by Crippen LogP contribution is 2.13. The first kappa shape index (κ1) is 44.8. The van der Waals surface area contributed by atoms with Crippen LogP contribution in [0.3, 0.4) is 0 Å². The maximum Gasteiger partial charge on any atom is 0.244 e. The number of hydrogen-bond acceptors (Lipinski definition) is 12. The summed E-state index contributed by atoms with van der Waals surface area (Å²) in [6, 6.07) is 6.27. The van der Waals surface area contributed by atoms with Crippen LogP contribution < -0.4 is 49.5 Å². The summed E-state index contributed by atoms with van der Waals surface area (Å²) in [7, 11) is 0. The van der Waals surface area contributed by atoms with Gasteiger partial charge in [0.1, 0.15) is 35.9 Å². The molecule has 2 aromatic carbocycles. The number of rotatable bonds is 24. The van der Waals surface area contributed by atoms with Crippen LogP contribution in [0.25, 0.3) is 0 Å². The lowest BCUT2D eigenvalue weighted by atomic mass is 10.0. The van der Waals surface area contributed by atoms with E-state index in [9.17, 15) is 39.0 Å². The van der Waals surface area contributed by atoms with E-state index in [1.807, 2.05) is 0 Å². The van der Waals surface area contributed by atoms with Gasteiger partial charge in [-0.25, -0.2) is 0 Å². The third-order valence-electron chi connectivity index (χ3n) is 8.04. The van der Waals surface area contributed by atoms with E-state index in [4.69, 9.17) is 22.9 Å². The highest BCUT2D eigenvalue weighted by atomic mass is 32.1. The number of aldehydes is 1. The molecule has 18 nitrogen and oxygen atoms in total. The lowest BCUT2D eigenvalue weighted by Gasteiger charge is -2.25. The minimum Gasteiger partial charge on any atom is -0.508 e. The summed E-state index contributed by atoms with van der Waals surface area (Å²) >= 11 is 4.24. The Bertz CT molecular complexity index is 1560. The zero-order valence-corrected chi connectivity index (χ0v) is 30.8. The van der Waals surface area contributed by atoms with Crippen LogP contribution in [0, 0.1) is 0 Å². The summed E-state index contributed by atoms with van der Waals surface area (Å²) in [6.07, 6.45) is 2.72. The first-order chi connectivity index (χ1) is 25.8. The maximum atomic E-state index is 13.6. The van der Waals surface area contributed by atoms with Gasteiger partial charge in [-0.3, -0.25) is 29.0 Å². The third kappa shape index (κ3) is 17.0. The summed E-state index contributed by atoms with van der Waals surface area (Å²) < 4.78 is 0. The van der Waals surface area contributed by atoms with Gasteiger partial charge in [0.2, 0.25) is 29.5 Å². The number of nitrogens with one attached hydrogen (secondary N) is 5. The van der Waals surface area contributed by atoms with Crippen molar-refractivity contribution in [3.63, 3.8) is 0 Å². The molecule has 5 amide bonds. The lowest BCUT2D eigenvalue weighted by molar-refractivity contribution is -0.133. The number of hydrogen-bond donors (Lipinski definition) is 12. The van der Waals surface area contributed by atoms with Crippen molar-refractivity contribution in [2.45, 2.75) is 75.2 Å². The van der Waals surface area contributed by atoms with E-state index in [2.05, 4.69) is 44.2 Å². The molecule has 0 radical (unpaired) electrons. The van der Waals surface area contributed by atoms with Crippen LogP contribution in [0.15, 0.2) is 53.5 Å². The van der Waals surface area contributed by atoms with Crippen molar-refractivity contribution in [2.24, 2.45) is 27.9 Å². The number of aromatic hydroxyl groups is 2. The molecule has 5 atom stereocenters. The second-order valence-corrected chi connectivity index (χ2v) is 12.8. The smallest absolute Gasteiger partial charge is 0.244 e. The fraction of sp³-hybridized carbons (Fsp3) is 0.457. The number of phenols is 2. The van der Waals surface area contributed by atoms with Crippen molar-refractivity contribution in [3.05, 3.63) is 59.7 Å². The normalized spacial score (nSPS) is 13.5. The van der Waals surface area contributed by atoms with Gasteiger partial charge in [0, 0.05) is 25.1 Å². The SMILES string of the molecule is NCCCC[C@H](N)C(=O)NCC(=O)N[C@@H](Cc1ccc(O)cc1)C(=O)N[C@@H](CS)C(=O)N[C@@H](Cc1ccc(O)cc1)C(=O)N[C@H](C=O)CCCN=C(N)N. The fourth-order valence-corrected chi connectivity index (χ4v) is 5.31. The molecular weight excluding hydrogens is 721 g/mol. The summed E-state index contributed by atoms with van der Waals surface area (Å²) in [5.41, 5.74) is 23.2. The van der Waals surface area contributed by atoms with Crippen molar-refractivity contribution in [1.82, 2.24) is 26.6 Å². The number of benzene rings is 2. The Morgan fingerprint density at radius 2 is 1.24 bits per heavy atom. The number of aliphatic imine (C=N–C) groups is 1. The highest BCUT2D eigenvalue weighted by Gasteiger charge is 2.30. The topological polar surface area (TPSA) is 319 Å². The van der Waals surface area contributed by atoms with Gasteiger partial charge in [-0.15, -0.1) is 0 Å². The van der Waals surface area contributed by atoms with Gasteiger partial charge in [-0.2, -0.15) is 12.6 Å². The van der Waals surface area contributed by atoms with Crippen LogP contribution in [-0.2, 0) is 41.6 Å². The van der Waals surface area contributed by atoms with Crippen LogP contribution in [0.4, 0.5) is 0 Å². The number of nitrogens with zero attached hydrogens (tertiary/aromatic N) is 1. The number of carbonyl (C=O) groups is 6. The fourth-order valence-electron chi connectivity index (χ4n) is 5.05. The number of unbranched alkanes of at least 4 members (excludes halogenated alkanes) is 1. The van der Waals surface area contributed by atoms with Crippen LogP contribution in [0.2, 0.25) is 0 Å². The van der Waals surface area contributed by atoms with Gasteiger partial charge < -0.3 is 64.5 Å². The Kier molecular flexibility index (Phi) is 19.9. The minimum atomic E-state index is -1.30. The molecule has 15 N–H and O–H groups in total. The molecule has 0 heterocycles. The molecule has 2 rings (SSSR count). The summed E-state index contributed by atoms with van der Waals surface area (Å²) in [5.74, 6) is -3.89. The zero-order chi connectivity index (χ0) is 40.0. The monoisotopic (exact) mass is 772 g/mol.